The van der Waals surface area contributed by atoms with E-state index in [9.17, 15) is 0 Å². The third kappa shape index (κ3) is 4.62. The quantitative estimate of drug-likeness (QED) is 0.579. The van der Waals surface area contributed by atoms with Crippen molar-refractivity contribution in [2.24, 2.45) is 0 Å². The van der Waals surface area contributed by atoms with Crippen molar-refractivity contribution in [1.29, 1.82) is 0 Å². The topological polar surface area (TPSA) is 12.5 Å². The lowest BCUT2D eigenvalue weighted by molar-refractivity contribution is 0.0367. The Morgan fingerprint density at radius 1 is 1.33 bits per heavy atom. The fraction of sp³-hybridized carbons (Fsp3) is 1.00. The minimum Gasteiger partial charge on any atom is -0.379 e. The average molecular weight is 283 g/mol. The molecule has 0 aromatic heterocycles. The molecule has 1 aliphatic heterocycles. The maximum absolute atomic E-state index is 5.29. The molecule has 1 fully saturated rings. The summed E-state index contributed by atoms with van der Waals surface area (Å²) in [5, 5.41) is 0. The van der Waals surface area contributed by atoms with Gasteiger partial charge in [-0.25, -0.2) is 0 Å². The number of nitrogens with zero attached hydrogens (tertiary/aromatic N) is 1. The summed E-state index contributed by atoms with van der Waals surface area (Å²) in [5.41, 5.74) is 0. The maximum atomic E-state index is 5.29. The first-order chi connectivity index (χ1) is 5.58. The van der Waals surface area contributed by atoms with E-state index in [0.29, 0.717) is 3.42 Å². The number of halogens is 1. The van der Waals surface area contributed by atoms with Crippen molar-refractivity contribution in [2.75, 3.05) is 32.8 Å². The van der Waals surface area contributed by atoms with E-state index >= 15 is 0 Å². The van der Waals surface area contributed by atoms with Gasteiger partial charge in [0, 0.05) is 16.5 Å². The van der Waals surface area contributed by atoms with Crippen LogP contribution in [0.1, 0.15) is 20.3 Å². The highest BCUT2D eigenvalue weighted by Gasteiger charge is 2.16. The lowest BCUT2D eigenvalue weighted by atomic mass is 10.1. The van der Waals surface area contributed by atoms with Gasteiger partial charge in [0.1, 0.15) is 0 Å². The SMILES string of the molecule is CC(C)(I)CCN1CCOCC1. The van der Waals surface area contributed by atoms with E-state index in [1.54, 1.807) is 0 Å². The van der Waals surface area contributed by atoms with Crippen LogP contribution in [0.5, 0.6) is 0 Å². The number of morpholine rings is 1. The summed E-state index contributed by atoms with van der Waals surface area (Å²) >= 11 is 2.51. The van der Waals surface area contributed by atoms with Crippen molar-refractivity contribution >= 4 is 22.6 Å². The lowest BCUT2D eigenvalue weighted by Gasteiger charge is -2.28. The number of alkyl halides is 1. The third-order valence-electron chi connectivity index (χ3n) is 2.13. The second kappa shape index (κ2) is 4.77. The fourth-order valence-corrected chi connectivity index (χ4v) is 1.49. The van der Waals surface area contributed by atoms with Gasteiger partial charge in [-0.2, -0.15) is 0 Å². The highest BCUT2D eigenvalue weighted by molar-refractivity contribution is 14.1. The van der Waals surface area contributed by atoms with Crippen LogP contribution >= 0.6 is 22.6 Å². The first kappa shape index (κ1) is 10.7. The minimum atomic E-state index is 0.441. The van der Waals surface area contributed by atoms with E-state index in [4.69, 9.17) is 4.74 Å². The molecule has 0 spiro atoms. The molecule has 0 unspecified atom stereocenters. The molecule has 3 heteroatoms. The highest BCUT2D eigenvalue weighted by Crippen LogP contribution is 2.21. The highest BCUT2D eigenvalue weighted by atomic mass is 127. The van der Waals surface area contributed by atoms with Crippen LogP contribution in [0.3, 0.4) is 0 Å². The molecule has 0 aromatic rings. The Balaban J connectivity index is 2.13. The van der Waals surface area contributed by atoms with Crippen LogP contribution in [0.4, 0.5) is 0 Å². The minimum absolute atomic E-state index is 0.441. The van der Waals surface area contributed by atoms with Gasteiger partial charge in [-0.15, -0.1) is 0 Å². The van der Waals surface area contributed by atoms with Crippen molar-refractivity contribution < 1.29 is 4.74 Å². The molecule has 0 N–H and O–H groups in total. The molecule has 2 nitrogen and oxygen atoms in total. The van der Waals surface area contributed by atoms with Crippen LogP contribution in [-0.4, -0.2) is 41.2 Å². The van der Waals surface area contributed by atoms with Crippen molar-refractivity contribution in [3.05, 3.63) is 0 Å². The van der Waals surface area contributed by atoms with Gasteiger partial charge in [-0.3, -0.25) is 4.90 Å². The molecule has 0 aromatic carbocycles. The Bertz CT molecular complexity index is 127. The third-order valence-corrected chi connectivity index (χ3v) is 2.67. The Labute approximate surface area is 88.8 Å². The van der Waals surface area contributed by atoms with Crippen molar-refractivity contribution in [1.82, 2.24) is 4.90 Å². The molecular formula is C9H18INO. The number of hydrogen-bond donors (Lipinski definition) is 0. The van der Waals surface area contributed by atoms with Gasteiger partial charge in [-0.05, 0) is 13.0 Å². The molecule has 72 valence electrons. The molecule has 0 atom stereocenters. The van der Waals surface area contributed by atoms with Gasteiger partial charge in [0.2, 0.25) is 0 Å². The van der Waals surface area contributed by atoms with Crippen molar-refractivity contribution in [3.8, 4) is 0 Å². The number of ether oxygens (including phenoxy) is 1. The zero-order valence-corrected chi connectivity index (χ0v) is 10.1. The second-order valence-corrected chi connectivity index (χ2v) is 6.84. The first-order valence-electron chi connectivity index (χ1n) is 4.57. The molecule has 12 heavy (non-hydrogen) atoms. The van der Waals surface area contributed by atoms with Gasteiger partial charge in [0.25, 0.3) is 0 Å². The van der Waals surface area contributed by atoms with E-state index in [1.807, 2.05) is 0 Å². The van der Waals surface area contributed by atoms with E-state index in [1.165, 1.54) is 13.0 Å². The summed E-state index contributed by atoms with van der Waals surface area (Å²) in [5.74, 6) is 0. The largest absolute Gasteiger partial charge is 0.379 e. The predicted molar refractivity (Wildman–Crippen MR) is 60.0 cm³/mol. The lowest BCUT2D eigenvalue weighted by Crippen LogP contribution is -2.38. The first-order valence-corrected chi connectivity index (χ1v) is 5.65. The molecule has 0 radical (unpaired) electrons. The van der Waals surface area contributed by atoms with Crippen LogP contribution in [0.25, 0.3) is 0 Å². The number of hydrogen-bond acceptors (Lipinski definition) is 2. The normalized spacial score (nSPS) is 21.2. The van der Waals surface area contributed by atoms with Crippen LogP contribution in [0.2, 0.25) is 0 Å². The van der Waals surface area contributed by atoms with Gasteiger partial charge in [0.05, 0.1) is 13.2 Å². The van der Waals surface area contributed by atoms with Crippen LogP contribution in [-0.2, 0) is 4.74 Å². The molecule has 0 bridgehead atoms. The van der Waals surface area contributed by atoms with Crippen molar-refractivity contribution in [2.45, 2.75) is 23.7 Å². The van der Waals surface area contributed by atoms with Crippen LogP contribution < -0.4 is 0 Å². The Hall–Kier alpha value is 0.650. The predicted octanol–water partition coefficient (Wildman–Crippen LogP) is 1.92. The molecule has 1 heterocycles. The standard InChI is InChI=1S/C9H18INO/c1-9(2,10)3-4-11-5-7-12-8-6-11/h3-8H2,1-2H3. The summed E-state index contributed by atoms with van der Waals surface area (Å²) in [6.07, 6.45) is 1.27. The monoisotopic (exact) mass is 283 g/mol. The second-order valence-electron chi connectivity index (χ2n) is 3.92. The molecule has 1 saturated heterocycles. The molecule has 1 aliphatic rings. The average Bonchev–Trinajstić information content (AvgIpc) is 2.02. The molecular weight excluding hydrogens is 265 g/mol. The summed E-state index contributed by atoms with van der Waals surface area (Å²) < 4.78 is 5.73. The van der Waals surface area contributed by atoms with E-state index in [-0.39, 0.29) is 0 Å². The van der Waals surface area contributed by atoms with E-state index in [0.717, 1.165) is 26.3 Å². The summed E-state index contributed by atoms with van der Waals surface area (Å²) in [4.78, 5) is 2.49. The smallest absolute Gasteiger partial charge is 0.0594 e. The Morgan fingerprint density at radius 2 is 1.92 bits per heavy atom. The molecule has 0 aliphatic carbocycles. The molecule has 0 saturated carbocycles. The maximum Gasteiger partial charge on any atom is 0.0594 e. The van der Waals surface area contributed by atoms with Gasteiger partial charge in [0.15, 0.2) is 0 Å². The summed E-state index contributed by atoms with van der Waals surface area (Å²) in [6, 6.07) is 0. The van der Waals surface area contributed by atoms with Crippen LogP contribution in [0, 0.1) is 0 Å². The molecule has 0 amide bonds. The zero-order valence-electron chi connectivity index (χ0n) is 7.98. The summed E-state index contributed by atoms with van der Waals surface area (Å²) in [6.45, 7) is 9.87. The van der Waals surface area contributed by atoms with Crippen molar-refractivity contribution in [3.63, 3.8) is 0 Å². The molecule has 1 rings (SSSR count). The van der Waals surface area contributed by atoms with E-state index in [2.05, 4.69) is 41.3 Å². The van der Waals surface area contributed by atoms with E-state index < -0.39 is 0 Å². The number of rotatable bonds is 3. The van der Waals surface area contributed by atoms with Crippen LogP contribution in [0.15, 0.2) is 0 Å². The zero-order chi connectivity index (χ0) is 9.03. The fourth-order valence-electron chi connectivity index (χ4n) is 1.25. The van der Waals surface area contributed by atoms with Gasteiger partial charge < -0.3 is 4.74 Å². The van der Waals surface area contributed by atoms with Gasteiger partial charge in [-0.1, -0.05) is 36.4 Å². The Kier molecular flexibility index (Phi) is 4.26. The van der Waals surface area contributed by atoms with Gasteiger partial charge >= 0.3 is 0 Å². The Morgan fingerprint density at radius 3 is 2.42 bits per heavy atom. The summed E-state index contributed by atoms with van der Waals surface area (Å²) in [7, 11) is 0.